The molecule has 0 aliphatic heterocycles. The molecular weight excluding hydrogens is 506 g/mol. The predicted molar refractivity (Wildman–Crippen MR) is 130 cm³/mol. The normalized spacial score (nSPS) is 14.7. The van der Waals surface area contributed by atoms with Gasteiger partial charge in [0, 0.05) is 19.3 Å². The fourth-order valence-corrected chi connectivity index (χ4v) is 3.19. The molecule has 0 spiro atoms. The molecule has 210 valence electrons. The maximum absolute atomic E-state index is 13.1. The maximum Gasteiger partial charge on any atom is 0.326 e. The average molecular weight is 540 g/mol. The molecule has 1 rings (SSSR count). The van der Waals surface area contributed by atoms with Gasteiger partial charge in [0.05, 0.1) is 6.10 Å². The molecule has 15 heteroatoms. The zero-order valence-corrected chi connectivity index (χ0v) is 20.6. The van der Waals surface area contributed by atoms with Gasteiger partial charge in [-0.05, 0) is 37.5 Å². The number of aromatic hydroxyl groups is 1. The highest BCUT2D eigenvalue weighted by Gasteiger charge is 2.31. The molecule has 5 atom stereocenters. The largest absolute Gasteiger partial charge is 0.508 e. The summed E-state index contributed by atoms with van der Waals surface area (Å²) in [7, 11) is 0. The lowest BCUT2D eigenvalue weighted by atomic mass is 10.0. The third-order valence-corrected chi connectivity index (χ3v) is 5.41. The summed E-state index contributed by atoms with van der Waals surface area (Å²) in [6, 6.07) is -0.267. The van der Waals surface area contributed by atoms with E-state index in [2.05, 4.69) is 16.0 Å². The van der Waals surface area contributed by atoms with Crippen molar-refractivity contribution in [1.82, 2.24) is 16.0 Å². The van der Waals surface area contributed by atoms with Crippen LogP contribution in [-0.2, 0) is 35.2 Å². The highest BCUT2D eigenvalue weighted by atomic mass is 16.4. The Hall–Kier alpha value is -4.24. The van der Waals surface area contributed by atoms with Crippen LogP contribution in [0.5, 0.6) is 5.75 Å². The van der Waals surface area contributed by atoms with Crippen molar-refractivity contribution in [2.24, 2.45) is 11.5 Å². The van der Waals surface area contributed by atoms with Crippen molar-refractivity contribution in [3.8, 4) is 5.75 Å². The Kier molecular flexibility index (Phi) is 12.6. The number of amides is 4. The Labute approximate surface area is 217 Å². The summed E-state index contributed by atoms with van der Waals surface area (Å²) in [4.78, 5) is 72.1. The van der Waals surface area contributed by atoms with Gasteiger partial charge >= 0.3 is 11.9 Å². The first-order valence-electron chi connectivity index (χ1n) is 11.6. The standard InChI is InChI=1S/C23H33N5O10/c1-11(29)19(25)22(36)26-14(7-9-18(32)33)20(34)28-16(10-12-2-4-13(30)5-3-12)21(35)27-15(23(37)38)6-8-17(24)31/h2-5,11,14-16,19,29-30H,6-10,25H2,1H3,(H2,24,31)(H,26,36)(H,27,35)(H,28,34)(H,32,33)(H,37,38). The number of carboxylic acids is 2. The Morgan fingerprint density at radius 3 is 1.82 bits per heavy atom. The number of primary amides is 1. The van der Waals surface area contributed by atoms with Crippen molar-refractivity contribution >= 4 is 35.6 Å². The smallest absolute Gasteiger partial charge is 0.326 e. The molecule has 0 saturated heterocycles. The minimum atomic E-state index is -1.51. The molecule has 1 aromatic rings. The van der Waals surface area contributed by atoms with E-state index in [9.17, 15) is 44.1 Å². The van der Waals surface area contributed by atoms with Gasteiger partial charge in [0.1, 0.15) is 29.9 Å². The number of carboxylic acid groups (broad SMARTS) is 2. The predicted octanol–water partition coefficient (Wildman–Crippen LogP) is -2.69. The van der Waals surface area contributed by atoms with Gasteiger partial charge in [-0.2, -0.15) is 0 Å². The van der Waals surface area contributed by atoms with E-state index >= 15 is 0 Å². The molecule has 11 N–H and O–H groups in total. The van der Waals surface area contributed by atoms with Gasteiger partial charge in [-0.1, -0.05) is 12.1 Å². The molecular formula is C23H33N5O10. The number of carbonyl (C=O) groups excluding carboxylic acids is 4. The molecule has 5 unspecified atom stereocenters. The molecule has 0 aliphatic rings. The number of hydrogen-bond donors (Lipinski definition) is 9. The van der Waals surface area contributed by atoms with Crippen LogP contribution >= 0.6 is 0 Å². The van der Waals surface area contributed by atoms with Crippen LogP contribution in [0.3, 0.4) is 0 Å². The summed E-state index contributed by atoms with van der Waals surface area (Å²) >= 11 is 0. The second kappa shape index (κ2) is 15.1. The van der Waals surface area contributed by atoms with Crippen LogP contribution in [0.4, 0.5) is 0 Å². The Morgan fingerprint density at radius 1 is 0.816 bits per heavy atom. The molecule has 38 heavy (non-hydrogen) atoms. The molecule has 0 aromatic heterocycles. The number of nitrogens with one attached hydrogen (secondary N) is 3. The lowest BCUT2D eigenvalue weighted by molar-refractivity contribution is -0.142. The van der Waals surface area contributed by atoms with Gasteiger partial charge in [0.25, 0.3) is 0 Å². The summed E-state index contributed by atoms with van der Waals surface area (Å²) in [5, 5.41) is 44.3. The zero-order chi connectivity index (χ0) is 29.0. The molecule has 0 radical (unpaired) electrons. The summed E-state index contributed by atoms with van der Waals surface area (Å²) in [6.07, 6.45) is -3.04. The van der Waals surface area contributed by atoms with Gasteiger partial charge in [-0.25, -0.2) is 4.79 Å². The van der Waals surface area contributed by atoms with Crippen LogP contribution in [0.15, 0.2) is 24.3 Å². The monoisotopic (exact) mass is 539 g/mol. The summed E-state index contributed by atoms with van der Waals surface area (Å²) in [5.41, 5.74) is 11.1. The molecule has 0 fully saturated rings. The number of aliphatic carboxylic acids is 2. The lowest BCUT2D eigenvalue weighted by Crippen LogP contribution is -2.58. The van der Waals surface area contributed by atoms with Crippen molar-refractivity contribution in [3.63, 3.8) is 0 Å². The van der Waals surface area contributed by atoms with E-state index in [-0.39, 0.29) is 31.4 Å². The van der Waals surface area contributed by atoms with Crippen molar-refractivity contribution in [1.29, 1.82) is 0 Å². The second-order valence-corrected chi connectivity index (χ2v) is 8.60. The fraction of sp³-hybridized carbons (Fsp3) is 0.478. The minimum Gasteiger partial charge on any atom is -0.508 e. The molecule has 15 nitrogen and oxygen atoms in total. The van der Waals surface area contributed by atoms with Crippen molar-refractivity contribution in [3.05, 3.63) is 29.8 Å². The number of benzene rings is 1. The highest BCUT2D eigenvalue weighted by Crippen LogP contribution is 2.12. The van der Waals surface area contributed by atoms with Gasteiger partial charge in [0.15, 0.2) is 0 Å². The van der Waals surface area contributed by atoms with E-state index in [0.717, 1.165) is 0 Å². The third kappa shape index (κ3) is 11.2. The van der Waals surface area contributed by atoms with Crippen LogP contribution in [0.25, 0.3) is 0 Å². The van der Waals surface area contributed by atoms with Gasteiger partial charge < -0.3 is 47.8 Å². The van der Waals surface area contributed by atoms with E-state index in [4.69, 9.17) is 16.6 Å². The van der Waals surface area contributed by atoms with Crippen molar-refractivity contribution < 1.29 is 49.2 Å². The van der Waals surface area contributed by atoms with Crippen molar-refractivity contribution in [2.45, 2.75) is 69.3 Å². The first-order chi connectivity index (χ1) is 17.7. The number of aliphatic hydroxyl groups excluding tert-OH is 1. The number of carbonyl (C=O) groups is 6. The van der Waals surface area contributed by atoms with E-state index in [0.29, 0.717) is 5.56 Å². The van der Waals surface area contributed by atoms with Crippen molar-refractivity contribution in [2.75, 3.05) is 0 Å². The van der Waals surface area contributed by atoms with E-state index in [1.54, 1.807) is 0 Å². The first-order valence-corrected chi connectivity index (χ1v) is 11.6. The van der Waals surface area contributed by atoms with E-state index in [1.165, 1.54) is 31.2 Å². The van der Waals surface area contributed by atoms with E-state index < -0.39 is 72.3 Å². The average Bonchev–Trinajstić information content (AvgIpc) is 2.83. The maximum atomic E-state index is 13.1. The first kappa shape index (κ1) is 31.8. The summed E-state index contributed by atoms with van der Waals surface area (Å²) < 4.78 is 0. The molecule has 1 aromatic carbocycles. The van der Waals surface area contributed by atoms with E-state index in [1.807, 2.05) is 0 Å². The van der Waals surface area contributed by atoms with Crippen LogP contribution in [0.2, 0.25) is 0 Å². The quantitative estimate of drug-likeness (QED) is 0.104. The Balaban J connectivity index is 3.19. The Morgan fingerprint density at radius 2 is 1.32 bits per heavy atom. The molecule has 0 saturated carbocycles. The second-order valence-electron chi connectivity index (χ2n) is 8.60. The van der Waals surface area contributed by atoms with Crippen LogP contribution in [0, 0.1) is 0 Å². The lowest BCUT2D eigenvalue weighted by Gasteiger charge is -2.25. The number of rotatable bonds is 16. The van der Waals surface area contributed by atoms with Crippen LogP contribution in [0.1, 0.15) is 38.2 Å². The number of aliphatic hydroxyl groups is 1. The summed E-state index contributed by atoms with van der Waals surface area (Å²) in [6.45, 7) is 1.24. The van der Waals surface area contributed by atoms with Gasteiger partial charge in [-0.3, -0.25) is 24.0 Å². The zero-order valence-electron chi connectivity index (χ0n) is 20.6. The number of phenols is 1. The number of hydrogen-bond acceptors (Lipinski definition) is 9. The molecule has 0 heterocycles. The minimum absolute atomic E-state index is 0.0675. The fourth-order valence-electron chi connectivity index (χ4n) is 3.19. The van der Waals surface area contributed by atoms with Crippen LogP contribution in [-0.4, -0.2) is 86.3 Å². The third-order valence-electron chi connectivity index (χ3n) is 5.41. The number of phenolic OH excluding ortho intramolecular Hbond substituents is 1. The molecule has 4 amide bonds. The highest BCUT2D eigenvalue weighted by molar-refractivity contribution is 5.94. The van der Waals surface area contributed by atoms with Gasteiger partial charge in [0.2, 0.25) is 23.6 Å². The SMILES string of the molecule is CC(O)C(N)C(=O)NC(CCC(=O)O)C(=O)NC(Cc1ccc(O)cc1)C(=O)NC(CCC(N)=O)C(=O)O. The summed E-state index contributed by atoms with van der Waals surface area (Å²) in [5.74, 6) is -6.44. The number of nitrogens with two attached hydrogens (primary N) is 2. The topological polar surface area (TPSA) is 271 Å². The molecule has 0 aliphatic carbocycles. The van der Waals surface area contributed by atoms with Crippen LogP contribution < -0.4 is 27.4 Å². The van der Waals surface area contributed by atoms with Gasteiger partial charge in [-0.15, -0.1) is 0 Å². The Bertz CT molecular complexity index is 1010. The molecule has 0 bridgehead atoms.